The molecular formula is C16H20ClN3OS. The van der Waals surface area contributed by atoms with Crippen LogP contribution in [-0.2, 0) is 4.79 Å². The number of halogens is 1. The normalized spacial score (nSPS) is 14.6. The van der Waals surface area contributed by atoms with E-state index < -0.39 is 11.5 Å². The Balaban J connectivity index is 2.46. The predicted octanol–water partition coefficient (Wildman–Crippen LogP) is 4.19. The zero-order valence-corrected chi connectivity index (χ0v) is 14.7. The number of carbonyl (C=O) groups excluding carboxylic acids is 1. The number of rotatable bonds is 5. The third kappa shape index (κ3) is 3.70. The molecule has 6 heteroatoms. The highest BCUT2D eigenvalue weighted by molar-refractivity contribution is 7.98. The van der Waals surface area contributed by atoms with E-state index in [1.54, 1.807) is 22.8 Å². The van der Waals surface area contributed by atoms with Gasteiger partial charge in [-0.1, -0.05) is 44.5 Å². The number of carbonyl (C=O) groups is 1. The Hall–Kier alpha value is -1.33. The first-order valence-corrected chi connectivity index (χ1v) is 8.68. The SMILES string of the molecule is CSC(c1ccc(Cl)cc1)C(C(=O)C(C)(C)C)n1cncn1. The summed E-state index contributed by atoms with van der Waals surface area (Å²) in [5.41, 5.74) is 0.590. The van der Waals surface area contributed by atoms with Crippen molar-refractivity contribution in [2.24, 2.45) is 5.41 Å². The maximum Gasteiger partial charge on any atom is 0.164 e. The van der Waals surface area contributed by atoms with Crippen molar-refractivity contribution >= 4 is 29.1 Å². The molecule has 118 valence electrons. The summed E-state index contributed by atoms with van der Waals surface area (Å²) in [6, 6.07) is 7.21. The predicted molar refractivity (Wildman–Crippen MR) is 91.2 cm³/mol. The van der Waals surface area contributed by atoms with Crippen molar-refractivity contribution in [1.29, 1.82) is 0 Å². The molecule has 0 N–H and O–H groups in total. The van der Waals surface area contributed by atoms with Gasteiger partial charge in [0.25, 0.3) is 0 Å². The summed E-state index contributed by atoms with van der Waals surface area (Å²) in [5.74, 6) is 0.132. The molecule has 0 fully saturated rings. The molecule has 2 aromatic rings. The quantitative estimate of drug-likeness (QED) is 0.820. The highest BCUT2D eigenvalue weighted by Gasteiger charge is 2.37. The van der Waals surface area contributed by atoms with Crippen molar-refractivity contribution in [1.82, 2.24) is 14.8 Å². The van der Waals surface area contributed by atoms with Crippen LogP contribution in [0.15, 0.2) is 36.9 Å². The Morgan fingerprint density at radius 1 is 1.27 bits per heavy atom. The molecule has 1 heterocycles. The third-order valence-electron chi connectivity index (χ3n) is 3.47. The number of ketones is 1. The number of hydrogen-bond donors (Lipinski definition) is 0. The lowest BCUT2D eigenvalue weighted by molar-refractivity contribution is -0.130. The minimum atomic E-state index is -0.461. The fourth-order valence-corrected chi connectivity index (χ4v) is 3.36. The van der Waals surface area contributed by atoms with Gasteiger partial charge < -0.3 is 0 Å². The van der Waals surface area contributed by atoms with Crippen LogP contribution in [0.4, 0.5) is 0 Å². The van der Waals surface area contributed by atoms with Gasteiger partial charge in [0.05, 0.1) is 5.25 Å². The Bertz CT molecular complexity index is 620. The molecule has 0 bridgehead atoms. The first-order chi connectivity index (χ1) is 10.3. The van der Waals surface area contributed by atoms with E-state index in [1.165, 1.54) is 6.33 Å². The molecule has 22 heavy (non-hydrogen) atoms. The highest BCUT2D eigenvalue weighted by Crippen LogP contribution is 2.41. The van der Waals surface area contributed by atoms with E-state index in [9.17, 15) is 4.79 Å². The minimum absolute atomic E-state index is 0.0503. The van der Waals surface area contributed by atoms with Crippen molar-refractivity contribution < 1.29 is 4.79 Å². The van der Waals surface area contributed by atoms with Crippen LogP contribution in [0, 0.1) is 5.41 Å². The Labute approximate surface area is 140 Å². The van der Waals surface area contributed by atoms with Crippen molar-refractivity contribution in [3.8, 4) is 0 Å². The van der Waals surface area contributed by atoms with Gasteiger partial charge in [0.15, 0.2) is 5.78 Å². The van der Waals surface area contributed by atoms with Gasteiger partial charge in [-0.2, -0.15) is 16.9 Å². The number of nitrogens with zero attached hydrogens (tertiary/aromatic N) is 3. The summed E-state index contributed by atoms with van der Waals surface area (Å²) < 4.78 is 1.66. The molecule has 2 unspecified atom stereocenters. The molecular weight excluding hydrogens is 318 g/mol. The van der Waals surface area contributed by atoms with E-state index in [-0.39, 0.29) is 11.0 Å². The average molecular weight is 338 g/mol. The summed E-state index contributed by atoms with van der Waals surface area (Å²) in [6.07, 6.45) is 5.06. The second-order valence-corrected chi connectivity index (χ2v) is 7.56. The van der Waals surface area contributed by atoms with E-state index in [2.05, 4.69) is 10.1 Å². The van der Waals surface area contributed by atoms with Crippen LogP contribution >= 0.6 is 23.4 Å². The van der Waals surface area contributed by atoms with E-state index >= 15 is 0 Å². The maximum atomic E-state index is 13.0. The number of Topliss-reactive ketones (excluding diaryl/α,β-unsaturated/α-hetero) is 1. The fraction of sp³-hybridized carbons (Fsp3) is 0.438. The van der Waals surface area contributed by atoms with Crippen LogP contribution in [0.3, 0.4) is 0 Å². The lowest BCUT2D eigenvalue weighted by Gasteiger charge is -2.30. The smallest absolute Gasteiger partial charge is 0.164 e. The zero-order chi connectivity index (χ0) is 16.3. The van der Waals surface area contributed by atoms with Gasteiger partial charge in [-0.05, 0) is 24.0 Å². The average Bonchev–Trinajstić information content (AvgIpc) is 2.98. The molecule has 2 atom stereocenters. The largest absolute Gasteiger partial charge is 0.297 e. The Kier molecular flexibility index (Phi) is 5.29. The van der Waals surface area contributed by atoms with Gasteiger partial charge in [-0.15, -0.1) is 0 Å². The van der Waals surface area contributed by atoms with Crippen LogP contribution in [-0.4, -0.2) is 26.8 Å². The van der Waals surface area contributed by atoms with Crippen molar-refractivity contribution in [3.05, 3.63) is 47.5 Å². The van der Waals surface area contributed by atoms with Gasteiger partial charge >= 0.3 is 0 Å². The molecule has 0 aliphatic rings. The Morgan fingerprint density at radius 2 is 1.91 bits per heavy atom. The minimum Gasteiger partial charge on any atom is -0.297 e. The summed E-state index contributed by atoms with van der Waals surface area (Å²) in [6.45, 7) is 5.79. The third-order valence-corrected chi connectivity index (χ3v) is 4.76. The van der Waals surface area contributed by atoms with E-state index in [0.717, 1.165) is 5.56 Å². The molecule has 0 amide bonds. The number of thioether (sulfide) groups is 1. The molecule has 4 nitrogen and oxygen atoms in total. The first-order valence-electron chi connectivity index (χ1n) is 7.01. The molecule has 0 aliphatic carbocycles. The number of benzene rings is 1. The molecule has 0 saturated carbocycles. The summed E-state index contributed by atoms with van der Waals surface area (Å²) in [4.78, 5) is 17.0. The second-order valence-electron chi connectivity index (χ2n) is 6.14. The van der Waals surface area contributed by atoms with Gasteiger partial charge in [0.1, 0.15) is 18.7 Å². The van der Waals surface area contributed by atoms with Gasteiger partial charge in [-0.3, -0.25) is 4.79 Å². The fourth-order valence-electron chi connectivity index (χ4n) is 2.30. The van der Waals surface area contributed by atoms with Crippen molar-refractivity contribution in [2.45, 2.75) is 32.1 Å². The van der Waals surface area contributed by atoms with Gasteiger partial charge in [0.2, 0.25) is 0 Å². The zero-order valence-electron chi connectivity index (χ0n) is 13.2. The highest BCUT2D eigenvalue weighted by atomic mass is 35.5. The maximum absolute atomic E-state index is 13.0. The van der Waals surface area contributed by atoms with Gasteiger partial charge in [-0.25, -0.2) is 9.67 Å². The van der Waals surface area contributed by atoms with Gasteiger partial charge in [0, 0.05) is 10.4 Å². The van der Waals surface area contributed by atoms with E-state index in [1.807, 2.05) is 51.3 Å². The lowest BCUT2D eigenvalue weighted by Crippen LogP contribution is -2.34. The second kappa shape index (κ2) is 6.84. The summed E-state index contributed by atoms with van der Waals surface area (Å²) in [5, 5.41) is 4.84. The molecule has 0 aliphatic heterocycles. The number of hydrogen-bond acceptors (Lipinski definition) is 4. The van der Waals surface area contributed by atoms with Crippen LogP contribution in [0.1, 0.15) is 37.6 Å². The van der Waals surface area contributed by atoms with Crippen LogP contribution in [0.25, 0.3) is 0 Å². The molecule has 1 aromatic carbocycles. The van der Waals surface area contributed by atoms with Crippen molar-refractivity contribution in [2.75, 3.05) is 6.26 Å². The van der Waals surface area contributed by atoms with Crippen LogP contribution < -0.4 is 0 Å². The molecule has 0 saturated heterocycles. The monoisotopic (exact) mass is 337 g/mol. The van der Waals surface area contributed by atoms with Crippen molar-refractivity contribution in [3.63, 3.8) is 0 Å². The standard InChI is InChI=1S/C16H20ClN3OS/c1-16(2,3)15(21)13(20-10-18-9-19-20)14(22-4)11-5-7-12(17)8-6-11/h5-10,13-14H,1-4H3. The lowest BCUT2D eigenvalue weighted by atomic mass is 9.84. The molecule has 1 aromatic heterocycles. The van der Waals surface area contributed by atoms with E-state index in [0.29, 0.717) is 5.02 Å². The van der Waals surface area contributed by atoms with Crippen LogP contribution in [0.5, 0.6) is 0 Å². The summed E-state index contributed by atoms with van der Waals surface area (Å²) in [7, 11) is 0. The Morgan fingerprint density at radius 3 is 2.36 bits per heavy atom. The van der Waals surface area contributed by atoms with Crippen LogP contribution in [0.2, 0.25) is 5.02 Å². The number of aromatic nitrogens is 3. The molecule has 0 spiro atoms. The topological polar surface area (TPSA) is 47.8 Å². The first kappa shape index (κ1) is 17.0. The molecule has 0 radical (unpaired) electrons. The summed E-state index contributed by atoms with van der Waals surface area (Å²) >= 11 is 7.60. The molecule has 2 rings (SSSR count). The van der Waals surface area contributed by atoms with E-state index in [4.69, 9.17) is 11.6 Å².